The number of likely N-dealkylation sites (tertiary alicyclic amines) is 1. The van der Waals surface area contributed by atoms with Crippen molar-refractivity contribution in [3.8, 4) is 0 Å². The maximum atomic E-state index is 12.1. The van der Waals surface area contributed by atoms with Crippen molar-refractivity contribution in [3.05, 3.63) is 35.9 Å². The number of carbonyl (C=O) groups excluding carboxylic acids is 1. The molecule has 1 atom stereocenters. The van der Waals surface area contributed by atoms with E-state index in [0.717, 1.165) is 24.7 Å². The van der Waals surface area contributed by atoms with E-state index < -0.39 is 10.0 Å². The molecule has 1 fully saturated rings. The number of sulfonamides is 1. The molecule has 1 aromatic carbocycles. The molecule has 2 rings (SSSR count). The summed E-state index contributed by atoms with van der Waals surface area (Å²) in [5.74, 6) is -0.101. The van der Waals surface area contributed by atoms with Crippen molar-refractivity contribution < 1.29 is 17.9 Å². The predicted octanol–water partition coefficient (Wildman–Crippen LogP) is 0.743. The number of nitrogens with one attached hydrogen (secondary N) is 1. The van der Waals surface area contributed by atoms with Crippen molar-refractivity contribution in [2.45, 2.75) is 25.5 Å². The van der Waals surface area contributed by atoms with E-state index in [9.17, 15) is 13.2 Å². The van der Waals surface area contributed by atoms with Gasteiger partial charge in [-0.25, -0.2) is 13.1 Å². The first-order valence-corrected chi connectivity index (χ1v) is 9.20. The topological polar surface area (TPSA) is 75.7 Å². The fourth-order valence-corrected chi connectivity index (χ4v) is 3.32. The first-order valence-electron chi connectivity index (χ1n) is 7.31. The summed E-state index contributed by atoms with van der Waals surface area (Å²) in [6, 6.07) is 9.45. The summed E-state index contributed by atoms with van der Waals surface area (Å²) in [6.45, 7) is 1.46. The van der Waals surface area contributed by atoms with Gasteiger partial charge in [0.05, 0.1) is 12.9 Å². The third-order valence-electron chi connectivity index (χ3n) is 3.49. The highest BCUT2D eigenvalue weighted by Gasteiger charge is 2.25. The average molecular weight is 326 g/mol. The van der Waals surface area contributed by atoms with Crippen LogP contribution in [0.1, 0.15) is 18.4 Å². The van der Waals surface area contributed by atoms with Crippen LogP contribution in [0.15, 0.2) is 30.3 Å². The van der Waals surface area contributed by atoms with Gasteiger partial charge in [-0.2, -0.15) is 0 Å². The number of rotatable bonds is 6. The molecule has 1 aliphatic heterocycles. The first-order chi connectivity index (χ1) is 10.4. The second kappa shape index (κ2) is 7.71. The molecule has 1 N–H and O–H groups in total. The van der Waals surface area contributed by atoms with E-state index in [1.54, 1.807) is 4.90 Å². The number of carbonyl (C=O) groups is 1. The summed E-state index contributed by atoms with van der Waals surface area (Å²) >= 11 is 0. The first kappa shape index (κ1) is 16.9. The molecule has 0 spiro atoms. The SMILES string of the molecule is CS(=O)(=O)N[C@H]1CCCN(C(=O)COCc2ccccc2)C1. The number of hydrogen-bond donors (Lipinski definition) is 1. The summed E-state index contributed by atoms with van der Waals surface area (Å²) < 4.78 is 30.5. The van der Waals surface area contributed by atoms with Crippen LogP contribution in [0.5, 0.6) is 0 Å². The maximum Gasteiger partial charge on any atom is 0.248 e. The van der Waals surface area contributed by atoms with Crippen molar-refractivity contribution in [2.24, 2.45) is 0 Å². The van der Waals surface area contributed by atoms with Gasteiger partial charge < -0.3 is 9.64 Å². The van der Waals surface area contributed by atoms with Gasteiger partial charge in [0, 0.05) is 19.1 Å². The van der Waals surface area contributed by atoms with Crippen LogP contribution >= 0.6 is 0 Å². The third kappa shape index (κ3) is 5.75. The molecular weight excluding hydrogens is 304 g/mol. The molecule has 0 aromatic heterocycles. The molecule has 1 amide bonds. The maximum absolute atomic E-state index is 12.1. The second-order valence-electron chi connectivity index (χ2n) is 5.55. The van der Waals surface area contributed by atoms with Gasteiger partial charge in [-0.15, -0.1) is 0 Å². The van der Waals surface area contributed by atoms with Gasteiger partial charge in [-0.05, 0) is 18.4 Å². The summed E-state index contributed by atoms with van der Waals surface area (Å²) in [5, 5.41) is 0. The standard InChI is InChI=1S/C15H22N2O4S/c1-22(19,20)16-14-8-5-9-17(10-14)15(18)12-21-11-13-6-3-2-4-7-13/h2-4,6-7,14,16H,5,8-12H2,1H3/t14-/m0/s1. The van der Waals surface area contributed by atoms with Gasteiger partial charge in [0.15, 0.2) is 0 Å². The minimum absolute atomic E-state index is 0.0144. The lowest BCUT2D eigenvalue weighted by molar-refractivity contribution is -0.137. The van der Waals surface area contributed by atoms with Crippen LogP contribution < -0.4 is 4.72 Å². The lowest BCUT2D eigenvalue weighted by Crippen LogP contribution is -2.50. The number of piperidine rings is 1. The fraction of sp³-hybridized carbons (Fsp3) is 0.533. The highest BCUT2D eigenvalue weighted by Crippen LogP contribution is 2.11. The zero-order chi connectivity index (χ0) is 16.0. The van der Waals surface area contributed by atoms with E-state index in [2.05, 4.69) is 4.72 Å². The van der Waals surface area contributed by atoms with Crippen molar-refractivity contribution in [2.75, 3.05) is 26.0 Å². The molecule has 0 aliphatic carbocycles. The molecule has 1 aliphatic rings. The largest absolute Gasteiger partial charge is 0.367 e. The van der Waals surface area contributed by atoms with Gasteiger partial charge in [-0.3, -0.25) is 4.79 Å². The summed E-state index contributed by atoms with van der Waals surface area (Å²) in [6.07, 6.45) is 2.68. The number of ether oxygens (including phenoxy) is 1. The number of nitrogens with zero attached hydrogens (tertiary/aromatic N) is 1. The molecule has 1 heterocycles. The molecule has 0 radical (unpaired) electrons. The highest BCUT2D eigenvalue weighted by molar-refractivity contribution is 7.88. The Labute approximate surface area is 131 Å². The predicted molar refractivity (Wildman–Crippen MR) is 83.7 cm³/mol. The molecule has 7 heteroatoms. The van der Waals surface area contributed by atoms with E-state index >= 15 is 0 Å². The minimum Gasteiger partial charge on any atom is -0.367 e. The van der Waals surface area contributed by atoms with E-state index in [0.29, 0.717) is 19.7 Å². The van der Waals surface area contributed by atoms with Crippen LogP contribution in [0, 0.1) is 0 Å². The van der Waals surface area contributed by atoms with Crippen LogP contribution in [-0.2, 0) is 26.2 Å². The number of amides is 1. The molecule has 122 valence electrons. The Morgan fingerprint density at radius 2 is 2.09 bits per heavy atom. The molecule has 1 aromatic rings. The van der Waals surface area contributed by atoms with Gasteiger partial charge in [0.25, 0.3) is 0 Å². The Morgan fingerprint density at radius 1 is 1.36 bits per heavy atom. The summed E-state index contributed by atoms with van der Waals surface area (Å²) in [4.78, 5) is 13.8. The molecule has 0 saturated carbocycles. The Morgan fingerprint density at radius 3 is 2.77 bits per heavy atom. The van der Waals surface area contributed by atoms with Crippen molar-refractivity contribution >= 4 is 15.9 Å². The molecule has 0 unspecified atom stereocenters. The molecule has 0 bridgehead atoms. The van der Waals surface area contributed by atoms with Crippen LogP contribution in [0.4, 0.5) is 0 Å². The molecule has 22 heavy (non-hydrogen) atoms. The van der Waals surface area contributed by atoms with Crippen LogP contribution in [-0.4, -0.2) is 51.2 Å². The van der Waals surface area contributed by atoms with E-state index in [-0.39, 0.29) is 18.6 Å². The number of hydrogen-bond acceptors (Lipinski definition) is 4. The molecule has 6 nitrogen and oxygen atoms in total. The Balaban J connectivity index is 1.77. The Bertz CT molecular complexity index is 589. The highest BCUT2D eigenvalue weighted by atomic mass is 32.2. The molecular formula is C15H22N2O4S. The van der Waals surface area contributed by atoms with Gasteiger partial charge in [0.1, 0.15) is 6.61 Å². The quantitative estimate of drug-likeness (QED) is 0.837. The fourth-order valence-electron chi connectivity index (χ4n) is 2.52. The van der Waals surface area contributed by atoms with E-state index in [1.165, 1.54) is 0 Å². The van der Waals surface area contributed by atoms with Crippen LogP contribution in [0.2, 0.25) is 0 Å². The number of benzene rings is 1. The summed E-state index contributed by atoms with van der Waals surface area (Å²) in [5.41, 5.74) is 1.02. The molecule has 1 saturated heterocycles. The lowest BCUT2D eigenvalue weighted by Gasteiger charge is -2.32. The Kier molecular flexibility index (Phi) is 5.93. The van der Waals surface area contributed by atoms with Crippen LogP contribution in [0.25, 0.3) is 0 Å². The monoisotopic (exact) mass is 326 g/mol. The van der Waals surface area contributed by atoms with Crippen LogP contribution in [0.3, 0.4) is 0 Å². The zero-order valence-electron chi connectivity index (χ0n) is 12.7. The third-order valence-corrected chi connectivity index (χ3v) is 4.25. The van der Waals surface area contributed by atoms with Crippen molar-refractivity contribution in [1.82, 2.24) is 9.62 Å². The second-order valence-corrected chi connectivity index (χ2v) is 7.33. The normalized spacial score (nSPS) is 19.1. The van der Waals surface area contributed by atoms with Crippen molar-refractivity contribution in [1.29, 1.82) is 0 Å². The summed E-state index contributed by atoms with van der Waals surface area (Å²) in [7, 11) is -3.25. The van der Waals surface area contributed by atoms with Gasteiger partial charge in [0.2, 0.25) is 15.9 Å². The lowest BCUT2D eigenvalue weighted by atomic mass is 10.1. The van der Waals surface area contributed by atoms with Gasteiger partial charge in [-0.1, -0.05) is 30.3 Å². The van der Waals surface area contributed by atoms with E-state index in [1.807, 2.05) is 30.3 Å². The van der Waals surface area contributed by atoms with Gasteiger partial charge >= 0.3 is 0 Å². The average Bonchev–Trinajstić information content (AvgIpc) is 2.47. The van der Waals surface area contributed by atoms with Crippen molar-refractivity contribution in [3.63, 3.8) is 0 Å². The zero-order valence-corrected chi connectivity index (χ0v) is 13.5. The van der Waals surface area contributed by atoms with E-state index in [4.69, 9.17) is 4.74 Å². The smallest absolute Gasteiger partial charge is 0.248 e. The minimum atomic E-state index is -3.25. The Hall–Kier alpha value is -1.44.